The molecule has 0 saturated carbocycles. The van der Waals surface area contributed by atoms with Gasteiger partial charge in [-0.25, -0.2) is 0 Å². The smallest absolute Gasteiger partial charge is 0.128 e. The summed E-state index contributed by atoms with van der Waals surface area (Å²) in [6.07, 6.45) is 0. The Morgan fingerprint density at radius 3 is 2.44 bits per heavy atom. The monoisotopic (exact) mass is 283 g/mol. The average molecular weight is 284 g/mol. The molecule has 2 aromatic rings. The van der Waals surface area contributed by atoms with E-state index >= 15 is 0 Å². The van der Waals surface area contributed by atoms with Gasteiger partial charge in [-0.05, 0) is 48.4 Å². The zero-order valence-corrected chi connectivity index (χ0v) is 11.6. The summed E-state index contributed by atoms with van der Waals surface area (Å²) in [4.78, 5) is 0. The predicted octanol–water partition coefficient (Wildman–Crippen LogP) is 4.32. The van der Waals surface area contributed by atoms with Gasteiger partial charge in [-0.1, -0.05) is 23.7 Å². The Kier molecular flexibility index (Phi) is 5.48. The molecule has 2 N–H and O–H groups in total. The van der Waals surface area contributed by atoms with Crippen molar-refractivity contribution in [3.63, 3.8) is 0 Å². The number of halogens is 2. The molecule has 0 aliphatic carbocycles. The zero-order valence-electron chi connectivity index (χ0n) is 10.0. The highest BCUT2D eigenvalue weighted by atomic mass is 35.5. The van der Waals surface area contributed by atoms with Crippen molar-refractivity contribution in [3.8, 4) is 11.5 Å². The van der Waals surface area contributed by atoms with Gasteiger partial charge in [0.15, 0.2) is 0 Å². The fourth-order valence-electron chi connectivity index (χ4n) is 1.63. The maximum absolute atomic E-state index is 5.89. The molecule has 0 unspecified atom stereocenters. The minimum atomic E-state index is 0. The van der Waals surface area contributed by atoms with Crippen molar-refractivity contribution in [1.29, 1.82) is 0 Å². The molecule has 0 aromatic heterocycles. The molecular weight excluding hydrogens is 269 g/mol. The lowest BCUT2D eigenvalue weighted by atomic mass is 10.1. The summed E-state index contributed by atoms with van der Waals surface area (Å²) >= 11 is 5.89. The van der Waals surface area contributed by atoms with Crippen LogP contribution in [0.25, 0.3) is 0 Å². The molecule has 0 spiro atoms. The lowest BCUT2D eigenvalue weighted by Gasteiger charge is -2.09. The molecule has 0 aliphatic heterocycles. The van der Waals surface area contributed by atoms with Gasteiger partial charge in [0, 0.05) is 11.6 Å². The third-order valence-corrected chi connectivity index (χ3v) is 2.80. The minimum absolute atomic E-state index is 0. The first-order valence-electron chi connectivity index (χ1n) is 5.42. The maximum atomic E-state index is 5.89. The summed E-state index contributed by atoms with van der Waals surface area (Å²) in [5.41, 5.74) is 7.87. The van der Waals surface area contributed by atoms with Crippen LogP contribution in [-0.2, 0) is 6.54 Å². The van der Waals surface area contributed by atoms with Crippen molar-refractivity contribution in [3.05, 3.63) is 58.6 Å². The molecule has 4 heteroatoms. The fraction of sp³-hybridized carbons (Fsp3) is 0.143. The van der Waals surface area contributed by atoms with Crippen LogP contribution in [0.2, 0.25) is 5.02 Å². The van der Waals surface area contributed by atoms with E-state index in [4.69, 9.17) is 22.1 Å². The Morgan fingerprint density at radius 1 is 1.11 bits per heavy atom. The van der Waals surface area contributed by atoms with Gasteiger partial charge in [0.25, 0.3) is 0 Å². The van der Waals surface area contributed by atoms with Crippen LogP contribution in [-0.4, -0.2) is 0 Å². The Labute approximate surface area is 118 Å². The van der Waals surface area contributed by atoms with Crippen LogP contribution >= 0.6 is 24.0 Å². The molecule has 0 saturated heterocycles. The zero-order chi connectivity index (χ0) is 12.3. The Morgan fingerprint density at radius 2 is 1.83 bits per heavy atom. The van der Waals surface area contributed by atoms with E-state index in [-0.39, 0.29) is 12.4 Å². The van der Waals surface area contributed by atoms with E-state index in [1.165, 1.54) is 0 Å². The van der Waals surface area contributed by atoms with Gasteiger partial charge in [0.2, 0.25) is 0 Å². The van der Waals surface area contributed by atoms with Crippen molar-refractivity contribution in [2.45, 2.75) is 13.5 Å². The van der Waals surface area contributed by atoms with Crippen molar-refractivity contribution in [2.24, 2.45) is 5.73 Å². The normalized spacial score (nSPS) is 9.72. The van der Waals surface area contributed by atoms with Crippen LogP contribution in [0.3, 0.4) is 0 Å². The fourth-order valence-corrected chi connectivity index (χ4v) is 1.81. The van der Waals surface area contributed by atoms with Gasteiger partial charge in [0.1, 0.15) is 11.5 Å². The first-order valence-corrected chi connectivity index (χ1v) is 5.80. The van der Waals surface area contributed by atoms with Crippen molar-refractivity contribution in [2.75, 3.05) is 0 Å². The van der Waals surface area contributed by atoms with E-state index in [9.17, 15) is 0 Å². The van der Waals surface area contributed by atoms with Crippen molar-refractivity contribution < 1.29 is 4.74 Å². The molecule has 96 valence electrons. The molecule has 0 amide bonds. The van der Waals surface area contributed by atoms with E-state index in [0.29, 0.717) is 11.6 Å². The Hall–Kier alpha value is -1.22. The first-order chi connectivity index (χ1) is 8.19. The van der Waals surface area contributed by atoms with Gasteiger partial charge < -0.3 is 10.5 Å². The molecule has 2 aromatic carbocycles. The van der Waals surface area contributed by atoms with E-state index in [0.717, 1.165) is 22.6 Å². The molecule has 0 heterocycles. The summed E-state index contributed by atoms with van der Waals surface area (Å²) in [7, 11) is 0. The SMILES string of the molecule is Cc1cc(Oc2cccc(Cl)c2)ccc1CN.Cl. The summed E-state index contributed by atoms with van der Waals surface area (Å²) in [6.45, 7) is 2.57. The number of aryl methyl sites for hydroxylation is 1. The van der Waals surface area contributed by atoms with E-state index < -0.39 is 0 Å². The molecule has 0 radical (unpaired) electrons. The molecule has 0 fully saturated rings. The van der Waals surface area contributed by atoms with Gasteiger partial charge in [-0.15, -0.1) is 12.4 Å². The van der Waals surface area contributed by atoms with Gasteiger partial charge >= 0.3 is 0 Å². The quantitative estimate of drug-likeness (QED) is 0.910. The lowest BCUT2D eigenvalue weighted by Crippen LogP contribution is -1.98. The minimum Gasteiger partial charge on any atom is -0.457 e. The third-order valence-electron chi connectivity index (χ3n) is 2.57. The van der Waals surface area contributed by atoms with Crippen LogP contribution in [0.5, 0.6) is 11.5 Å². The summed E-state index contributed by atoms with van der Waals surface area (Å²) in [5.74, 6) is 1.53. The van der Waals surface area contributed by atoms with E-state index in [2.05, 4.69) is 0 Å². The Balaban J connectivity index is 0.00000162. The lowest BCUT2D eigenvalue weighted by molar-refractivity contribution is 0.482. The highest BCUT2D eigenvalue weighted by molar-refractivity contribution is 6.30. The van der Waals surface area contributed by atoms with E-state index in [1.54, 1.807) is 6.07 Å². The number of ether oxygens (including phenoxy) is 1. The van der Waals surface area contributed by atoms with E-state index in [1.807, 2.05) is 43.3 Å². The number of hydrogen-bond acceptors (Lipinski definition) is 2. The summed E-state index contributed by atoms with van der Waals surface area (Å²) in [6, 6.07) is 13.2. The van der Waals surface area contributed by atoms with Crippen LogP contribution in [0.1, 0.15) is 11.1 Å². The Bertz CT molecular complexity index is 529. The van der Waals surface area contributed by atoms with Gasteiger partial charge in [-0.2, -0.15) is 0 Å². The topological polar surface area (TPSA) is 35.2 Å². The largest absolute Gasteiger partial charge is 0.457 e. The van der Waals surface area contributed by atoms with Crippen LogP contribution in [0, 0.1) is 6.92 Å². The van der Waals surface area contributed by atoms with Gasteiger partial charge in [-0.3, -0.25) is 0 Å². The summed E-state index contributed by atoms with van der Waals surface area (Å²) in [5, 5.41) is 0.665. The molecule has 18 heavy (non-hydrogen) atoms. The van der Waals surface area contributed by atoms with Crippen LogP contribution in [0.4, 0.5) is 0 Å². The highest BCUT2D eigenvalue weighted by Crippen LogP contribution is 2.25. The average Bonchev–Trinajstić information content (AvgIpc) is 2.29. The predicted molar refractivity (Wildman–Crippen MR) is 77.8 cm³/mol. The maximum Gasteiger partial charge on any atom is 0.128 e. The molecule has 0 bridgehead atoms. The second-order valence-electron chi connectivity index (χ2n) is 3.85. The molecule has 2 rings (SSSR count). The molecule has 2 nitrogen and oxygen atoms in total. The van der Waals surface area contributed by atoms with Crippen LogP contribution in [0.15, 0.2) is 42.5 Å². The van der Waals surface area contributed by atoms with Crippen molar-refractivity contribution >= 4 is 24.0 Å². The molecular formula is C14H15Cl2NO. The molecule has 0 aliphatic rings. The summed E-state index contributed by atoms with van der Waals surface area (Å²) < 4.78 is 5.71. The second kappa shape index (κ2) is 6.64. The first kappa shape index (κ1) is 14.8. The van der Waals surface area contributed by atoms with Crippen LogP contribution < -0.4 is 10.5 Å². The molecule has 0 atom stereocenters. The van der Waals surface area contributed by atoms with Crippen molar-refractivity contribution in [1.82, 2.24) is 0 Å². The number of rotatable bonds is 3. The number of benzene rings is 2. The second-order valence-corrected chi connectivity index (χ2v) is 4.29. The van der Waals surface area contributed by atoms with Gasteiger partial charge in [0.05, 0.1) is 0 Å². The third kappa shape index (κ3) is 3.64. The standard InChI is InChI=1S/C14H14ClNO.ClH/c1-10-7-14(6-5-11(10)9-16)17-13-4-2-3-12(15)8-13;/h2-8H,9,16H2,1H3;1H. The highest BCUT2D eigenvalue weighted by Gasteiger charge is 2.01. The number of hydrogen-bond donors (Lipinski definition) is 1. The number of nitrogens with two attached hydrogens (primary N) is 1.